The fraction of sp³-hybridized carbons (Fsp3) is 0.548. The largest absolute Gasteiger partial charge is 0.508 e. The zero-order valence-corrected chi connectivity index (χ0v) is 29.3. The standard InChI is InChI=1S/C31H48N8O14/c1-12(32)25(46)36-20(11-40)28(49)37-23(14(3)42)30(51)38-22(13(2)41)29(50)35-19(10-21(33)45)26(47)34-18(9-16-5-7-17(44)8-6-16)27(48)39-24(15(4)43)31(52)53/h5-8,12-15,18-20,22-24,40-44H,9-11,32H2,1-4H3,(H2,33,45)(H,34,47)(H,35,50)(H,36,46)(H,37,49)(H,38,51)(H,39,48)(H,52,53)/t12-,13+,14+,15+,18-,19-,20-,22-,23-,24-/m0/s1. The Balaban J connectivity index is 3.30. The molecule has 0 heterocycles. The lowest BCUT2D eigenvalue weighted by molar-refractivity contribution is -0.145. The van der Waals surface area contributed by atoms with Crippen molar-refractivity contribution < 1.29 is 69.0 Å². The summed E-state index contributed by atoms with van der Waals surface area (Å²) >= 11 is 0. The second-order valence-corrected chi connectivity index (χ2v) is 12.2. The number of carboxylic acid groups (broad SMARTS) is 1. The van der Waals surface area contributed by atoms with Gasteiger partial charge in [0.15, 0.2) is 6.04 Å². The maximum Gasteiger partial charge on any atom is 0.328 e. The number of carbonyl (C=O) groups excluding carboxylic acids is 7. The summed E-state index contributed by atoms with van der Waals surface area (Å²) in [5.41, 5.74) is 11.1. The van der Waals surface area contributed by atoms with Crippen LogP contribution in [0.15, 0.2) is 24.3 Å². The van der Waals surface area contributed by atoms with Crippen LogP contribution in [0.5, 0.6) is 5.75 Å². The highest BCUT2D eigenvalue weighted by atomic mass is 16.4. The summed E-state index contributed by atoms with van der Waals surface area (Å²) in [6.07, 6.45) is -6.17. The summed E-state index contributed by atoms with van der Waals surface area (Å²) in [5.74, 6) is -9.69. The van der Waals surface area contributed by atoms with Gasteiger partial charge < -0.3 is 74.0 Å². The van der Waals surface area contributed by atoms with Crippen LogP contribution in [0.4, 0.5) is 0 Å². The highest BCUT2D eigenvalue weighted by molar-refractivity contribution is 5.98. The molecule has 0 aliphatic carbocycles. The lowest BCUT2D eigenvalue weighted by Crippen LogP contribution is -2.63. The SMILES string of the molecule is C[C@H](N)C(=O)N[C@@H](CO)C(=O)N[C@H](C(=O)N[C@H](C(=O)N[C@@H](CC(N)=O)C(=O)N[C@@H](Cc1ccc(O)cc1)C(=O)N[C@H](C(=O)O)[C@@H](C)O)[C@@H](C)O)[C@@H](C)O. The van der Waals surface area contributed by atoms with Gasteiger partial charge in [0.2, 0.25) is 41.4 Å². The van der Waals surface area contributed by atoms with Crippen molar-refractivity contribution in [1.29, 1.82) is 0 Å². The number of amides is 7. The Morgan fingerprint density at radius 3 is 1.43 bits per heavy atom. The number of nitrogens with two attached hydrogens (primary N) is 2. The number of phenols is 1. The second-order valence-electron chi connectivity index (χ2n) is 12.2. The zero-order valence-electron chi connectivity index (χ0n) is 29.3. The maximum atomic E-state index is 13.5. The number of carbonyl (C=O) groups is 8. The summed E-state index contributed by atoms with van der Waals surface area (Å²) in [6, 6.07) is -6.42. The third kappa shape index (κ3) is 15.0. The van der Waals surface area contributed by atoms with E-state index in [4.69, 9.17) is 11.5 Å². The molecule has 296 valence electrons. The molecule has 0 spiro atoms. The van der Waals surface area contributed by atoms with Crippen molar-refractivity contribution in [3.05, 3.63) is 29.8 Å². The number of hydrogen-bond acceptors (Lipinski definition) is 14. The van der Waals surface area contributed by atoms with Crippen molar-refractivity contribution >= 4 is 47.3 Å². The van der Waals surface area contributed by atoms with Gasteiger partial charge in [-0.15, -0.1) is 0 Å². The monoisotopic (exact) mass is 756 g/mol. The van der Waals surface area contributed by atoms with Gasteiger partial charge in [-0.3, -0.25) is 33.6 Å². The van der Waals surface area contributed by atoms with Gasteiger partial charge >= 0.3 is 5.97 Å². The minimum Gasteiger partial charge on any atom is -0.508 e. The Morgan fingerprint density at radius 1 is 0.604 bits per heavy atom. The van der Waals surface area contributed by atoms with E-state index in [0.717, 1.165) is 20.8 Å². The van der Waals surface area contributed by atoms with E-state index in [-0.39, 0.29) is 12.2 Å². The Kier molecular flexibility index (Phi) is 18.2. The molecule has 22 heteroatoms. The number of nitrogens with one attached hydrogen (secondary N) is 6. The molecule has 0 aromatic heterocycles. The van der Waals surface area contributed by atoms with E-state index in [1.54, 1.807) is 0 Å². The second kappa shape index (κ2) is 21.2. The molecule has 16 N–H and O–H groups in total. The van der Waals surface area contributed by atoms with E-state index in [1.165, 1.54) is 31.2 Å². The van der Waals surface area contributed by atoms with Gasteiger partial charge in [0.05, 0.1) is 37.4 Å². The molecule has 0 aliphatic heterocycles. The fourth-order valence-electron chi connectivity index (χ4n) is 4.47. The number of hydrogen-bond donors (Lipinski definition) is 14. The van der Waals surface area contributed by atoms with E-state index in [0.29, 0.717) is 5.56 Å². The average molecular weight is 757 g/mol. The van der Waals surface area contributed by atoms with Crippen LogP contribution in [-0.2, 0) is 44.8 Å². The lowest BCUT2D eigenvalue weighted by Gasteiger charge is -2.29. The number of phenolic OH excluding ortho intramolecular Hbond substituents is 1. The first-order chi connectivity index (χ1) is 24.6. The van der Waals surface area contributed by atoms with E-state index in [9.17, 15) is 69.0 Å². The smallest absolute Gasteiger partial charge is 0.328 e. The van der Waals surface area contributed by atoms with Gasteiger partial charge in [-0.1, -0.05) is 12.1 Å². The Morgan fingerprint density at radius 2 is 1.00 bits per heavy atom. The number of rotatable bonds is 21. The van der Waals surface area contributed by atoms with Crippen molar-refractivity contribution in [3.63, 3.8) is 0 Å². The number of aromatic hydroxyl groups is 1. The molecule has 0 radical (unpaired) electrons. The third-order valence-corrected chi connectivity index (χ3v) is 7.45. The van der Waals surface area contributed by atoms with Crippen molar-refractivity contribution in [2.24, 2.45) is 11.5 Å². The minimum atomic E-state index is -1.92. The van der Waals surface area contributed by atoms with Gasteiger partial charge in [0.1, 0.15) is 36.0 Å². The Labute approximate surface area is 303 Å². The first-order valence-corrected chi connectivity index (χ1v) is 16.1. The average Bonchev–Trinajstić information content (AvgIpc) is 3.06. The lowest BCUT2D eigenvalue weighted by atomic mass is 10.0. The van der Waals surface area contributed by atoms with Crippen LogP contribution in [0.1, 0.15) is 39.7 Å². The molecule has 0 aliphatic rings. The van der Waals surface area contributed by atoms with E-state index >= 15 is 0 Å². The van der Waals surface area contributed by atoms with Crippen molar-refractivity contribution in [3.8, 4) is 5.75 Å². The Bertz CT molecular complexity index is 1470. The van der Waals surface area contributed by atoms with Gasteiger partial charge in [-0.2, -0.15) is 0 Å². The van der Waals surface area contributed by atoms with Gasteiger partial charge in [0, 0.05) is 6.42 Å². The molecule has 0 saturated heterocycles. The molecular weight excluding hydrogens is 708 g/mol. The van der Waals surface area contributed by atoms with E-state index in [2.05, 4.69) is 31.9 Å². The van der Waals surface area contributed by atoms with Gasteiger partial charge in [0.25, 0.3) is 0 Å². The van der Waals surface area contributed by atoms with Crippen LogP contribution in [-0.4, -0.2) is 145 Å². The fourth-order valence-corrected chi connectivity index (χ4v) is 4.47. The first kappa shape index (κ1) is 45.6. The molecule has 53 heavy (non-hydrogen) atoms. The summed E-state index contributed by atoms with van der Waals surface area (Å²) in [4.78, 5) is 101. The third-order valence-electron chi connectivity index (χ3n) is 7.45. The van der Waals surface area contributed by atoms with Crippen LogP contribution in [0, 0.1) is 0 Å². The molecule has 1 aromatic carbocycles. The van der Waals surface area contributed by atoms with Gasteiger partial charge in [-0.25, -0.2) is 4.79 Å². The van der Waals surface area contributed by atoms with Crippen LogP contribution < -0.4 is 43.4 Å². The predicted molar refractivity (Wildman–Crippen MR) is 181 cm³/mol. The minimum absolute atomic E-state index is 0.134. The summed E-state index contributed by atoms with van der Waals surface area (Å²) in [5, 5.41) is 71.8. The van der Waals surface area contributed by atoms with Crippen molar-refractivity contribution in [1.82, 2.24) is 31.9 Å². The highest BCUT2D eigenvalue weighted by Gasteiger charge is 2.37. The van der Waals surface area contributed by atoms with E-state index in [1.807, 2.05) is 0 Å². The van der Waals surface area contributed by atoms with Crippen molar-refractivity contribution in [2.45, 2.75) is 101 Å². The normalized spacial score (nSPS) is 16.7. The quantitative estimate of drug-likeness (QED) is 0.0554. The predicted octanol–water partition coefficient (Wildman–Crippen LogP) is -6.71. The van der Waals surface area contributed by atoms with Crippen LogP contribution in [0.25, 0.3) is 0 Å². The van der Waals surface area contributed by atoms with Crippen LogP contribution >= 0.6 is 0 Å². The molecule has 7 amide bonds. The number of aliphatic hydroxyl groups excluding tert-OH is 4. The number of aliphatic carboxylic acids is 1. The highest BCUT2D eigenvalue weighted by Crippen LogP contribution is 2.12. The molecule has 22 nitrogen and oxygen atoms in total. The molecule has 0 bridgehead atoms. The Hall–Kier alpha value is -5.42. The molecule has 1 aromatic rings. The van der Waals surface area contributed by atoms with Gasteiger partial charge in [-0.05, 0) is 45.4 Å². The molecule has 10 atom stereocenters. The molecule has 1 rings (SSSR count). The molecular formula is C31H48N8O14. The van der Waals surface area contributed by atoms with Crippen molar-refractivity contribution in [2.75, 3.05) is 6.61 Å². The zero-order chi connectivity index (χ0) is 40.7. The van der Waals surface area contributed by atoms with Crippen LogP contribution in [0.3, 0.4) is 0 Å². The number of benzene rings is 1. The molecule has 0 saturated carbocycles. The molecule has 0 fully saturated rings. The maximum absolute atomic E-state index is 13.5. The topological polar surface area (TPSA) is 382 Å². The number of carboxylic acids is 1. The van der Waals surface area contributed by atoms with Crippen LogP contribution in [0.2, 0.25) is 0 Å². The first-order valence-electron chi connectivity index (χ1n) is 16.1. The summed E-state index contributed by atoms with van der Waals surface area (Å²) < 4.78 is 0. The number of aliphatic hydroxyl groups is 4. The number of primary amides is 1. The summed E-state index contributed by atoms with van der Waals surface area (Å²) in [7, 11) is 0. The molecule has 0 unspecified atom stereocenters. The van der Waals surface area contributed by atoms with E-state index < -0.39 is 121 Å². The summed E-state index contributed by atoms with van der Waals surface area (Å²) in [6.45, 7) is 3.59.